The molecule has 1 fully saturated rings. The van der Waals surface area contributed by atoms with Crippen LogP contribution in [-0.4, -0.2) is 48.8 Å². The third-order valence-electron chi connectivity index (χ3n) is 4.48. The van der Waals surface area contributed by atoms with Crippen LogP contribution in [0.2, 0.25) is 0 Å². The minimum absolute atomic E-state index is 0.401. The fraction of sp³-hybridized carbons (Fsp3) is 0.733. The molecule has 2 aliphatic rings. The van der Waals surface area contributed by atoms with Gasteiger partial charge in [-0.05, 0) is 19.4 Å². The Balaban J connectivity index is 1.86. The van der Waals surface area contributed by atoms with Crippen LogP contribution in [0.3, 0.4) is 0 Å². The van der Waals surface area contributed by atoms with E-state index < -0.39 is 0 Å². The summed E-state index contributed by atoms with van der Waals surface area (Å²) in [5.74, 6) is 3.13. The summed E-state index contributed by atoms with van der Waals surface area (Å²) in [6.07, 6.45) is 3.77. The fourth-order valence-electron chi connectivity index (χ4n) is 3.05. The summed E-state index contributed by atoms with van der Waals surface area (Å²) in [5, 5.41) is 6.87. The first-order valence-electron chi connectivity index (χ1n) is 7.85. The van der Waals surface area contributed by atoms with Gasteiger partial charge in [0.05, 0.1) is 6.61 Å². The maximum Gasteiger partial charge on any atom is 0.204 e. The minimum atomic E-state index is 0.401. The molecule has 3 heterocycles. The first-order chi connectivity index (χ1) is 10.2. The van der Waals surface area contributed by atoms with E-state index in [1.165, 1.54) is 0 Å². The van der Waals surface area contributed by atoms with Gasteiger partial charge >= 0.3 is 0 Å². The van der Waals surface area contributed by atoms with Gasteiger partial charge in [0.15, 0.2) is 11.6 Å². The normalized spacial score (nSPS) is 25.2. The van der Waals surface area contributed by atoms with Crippen molar-refractivity contribution in [3.05, 3.63) is 6.33 Å². The smallest absolute Gasteiger partial charge is 0.204 e. The van der Waals surface area contributed by atoms with Crippen LogP contribution in [-0.2, 0) is 0 Å². The molecule has 2 aliphatic heterocycles. The van der Waals surface area contributed by atoms with Crippen molar-refractivity contribution < 1.29 is 4.74 Å². The van der Waals surface area contributed by atoms with E-state index in [2.05, 4.69) is 39.3 Å². The number of fused-ring (bicyclic) bond motifs is 1. The van der Waals surface area contributed by atoms with Gasteiger partial charge in [0, 0.05) is 31.6 Å². The van der Waals surface area contributed by atoms with Crippen molar-refractivity contribution in [3.8, 4) is 5.75 Å². The molecular formula is C15H25N5O. The molecule has 116 valence electrons. The van der Waals surface area contributed by atoms with Crippen LogP contribution in [0, 0.1) is 5.92 Å². The largest absolute Gasteiger partial charge is 0.486 e. The molecular weight excluding hydrogens is 266 g/mol. The van der Waals surface area contributed by atoms with Gasteiger partial charge in [0.1, 0.15) is 6.33 Å². The zero-order valence-corrected chi connectivity index (χ0v) is 13.1. The van der Waals surface area contributed by atoms with Crippen LogP contribution in [0.1, 0.15) is 26.7 Å². The van der Waals surface area contributed by atoms with Crippen molar-refractivity contribution >= 4 is 11.6 Å². The van der Waals surface area contributed by atoms with Crippen LogP contribution in [0.25, 0.3) is 0 Å². The summed E-state index contributed by atoms with van der Waals surface area (Å²) in [4.78, 5) is 11.2. The third kappa shape index (κ3) is 2.90. The number of hydrogen-bond donors (Lipinski definition) is 2. The van der Waals surface area contributed by atoms with E-state index in [1.807, 2.05) is 7.05 Å². The second-order valence-corrected chi connectivity index (χ2v) is 6.23. The maximum atomic E-state index is 5.99. The number of likely N-dealkylation sites (N-methyl/N-ethyl adjacent to an activating group) is 1. The summed E-state index contributed by atoms with van der Waals surface area (Å²) >= 11 is 0. The highest BCUT2D eigenvalue weighted by atomic mass is 16.5. The van der Waals surface area contributed by atoms with Crippen LogP contribution in [0.4, 0.5) is 11.6 Å². The first kappa shape index (κ1) is 14.4. The molecule has 1 aromatic heterocycles. The van der Waals surface area contributed by atoms with Gasteiger partial charge in [-0.2, -0.15) is 0 Å². The quantitative estimate of drug-likeness (QED) is 0.880. The van der Waals surface area contributed by atoms with Crippen molar-refractivity contribution in [2.45, 2.75) is 38.8 Å². The molecule has 0 bridgehead atoms. The van der Waals surface area contributed by atoms with E-state index in [-0.39, 0.29) is 0 Å². The van der Waals surface area contributed by atoms with E-state index in [1.54, 1.807) is 6.33 Å². The Bertz CT molecular complexity index is 493. The predicted molar refractivity (Wildman–Crippen MR) is 84.1 cm³/mol. The van der Waals surface area contributed by atoms with Gasteiger partial charge < -0.3 is 20.3 Å². The average Bonchev–Trinajstić information content (AvgIpc) is 2.84. The van der Waals surface area contributed by atoms with Crippen molar-refractivity contribution in [3.63, 3.8) is 0 Å². The number of ether oxygens (including phenoxy) is 1. The molecule has 3 rings (SSSR count). The van der Waals surface area contributed by atoms with Crippen LogP contribution in [0.5, 0.6) is 5.75 Å². The van der Waals surface area contributed by atoms with Crippen LogP contribution < -0.4 is 20.3 Å². The summed E-state index contributed by atoms with van der Waals surface area (Å²) in [6.45, 7) is 7.14. The zero-order valence-electron chi connectivity index (χ0n) is 13.1. The number of nitrogens with zero attached hydrogens (tertiary/aromatic N) is 3. The SMILES string of the molecule is CN[C@@H]1CCN(c2ncnc3c2OCC[C@@H](C(C)C)N3)C1. The second-order valence-electron chi connectivity index (χ2n) is 6.23. The van der Waals surface area contributed by atoms with Crippen molar-refractivity contribution in [1.82, 2.24) is 15.3 Å². The molecule has 1 aromatic rings. The Morgan fingerprint density at radius 3 is 2.95 bits per heavy atom. The number of hydrogen-bond acceptors (Lipinski definition) is 6. The second kappa shape index (κ2) is 6.05. The maximum absolute atomic E-state index is 5.99. The Morgan fingerprint density at radius 1 is 1.38 bits per heavy atom. The van der Waals surface area contributed by atoms with Crippen LogP contribution >= 0.6 is 0 Å². The predicted octanol–water partition coefficient (Wildman–Crippen LogP) is 1.49. The number of anilines is 2. The zero-order chi connectivity index (χ0) is 14.8. The van der Waals surface area contributed by atoms with E-state index >= 15 is 0 Å². The molecule has 6 nitrogen and oxygen atoms in total. The molecule has 1 saturated heterocycles. The standard InChI is InChI=1S/C15H25N5O/c1-10(2)12-5-7-21-13-14(19-12)17-9-18-15(13)20-6-4-11(8-20)16-3/h9-12,16H,4-8H2,1-3H3,(H,17,18,19)/t11-,12+/m1/s1. The average molecular weight is 291 g/mol. The van der Waals surface area contributed by atoms with Gasteiger partial charge in [-0.25, -0.2) is 9.97 Å². The van der Waals surface area contributed by atoms with Gasteiger partial charge in [-0.3, -0.25) is 0 Å². The third-order valence-corrected chi connectivity index (χ3v) is 4.48. The fourth-order valence-corrected chi connectivity index (χ4v) is 3.05. The molecule has 6 heteroatoms. The van der Waals surface area contributed by atoms with Gasteiger partial charge in [-0.15, -0.1) is 0 Å². The van der Waals surface area contributed by atoms with E-state index in [0.29, 0.717) is 24.6 Å². The molecule has 21 heavy (non-hydrogen) atoms. The minimum Gasteiger partial charge on any atom is -0.486 e. The molecule has 0 aliphatic carbocycles. The summed E-state index contributed by atoms with van der Waals surface area (Å²) < 4.78 is 5.99. The monoisotopic (exact) mass is 291 g/mol. The lowest BCUT2D eigenvalue weighted by Gasteiger charge is -2.22. The lowest BCUT2D eigenvalue weighted by atomic mass is 10.0. The lowest BCUT2D eigenvalue weighted by Crippen LogP contribution is -2.30. The summed E-state index contributed by atoms with van der Waals surface area (Å²) in [7, 11) is 2.01. The Labute approximate surface area is 126 Å². The number of rotatable bonds is 3. The van der Waals surface area contributed by atoms with Gasteiger partial charge in [0.2, 0.25) is 5.75 Å². The number of nitrogens with one attached hydrogen (secondary N) is 2. The molecule has 0 aromatic carbocycles. The van der Waals surface area contributed by atoms with Crippen molar-refractivity contribution in [2.75, 3.05) is 37.0 Å². The molecule has 0 amide bonds. The summed E-state index contributed by atoms with van der Waals surface area (Å²) in [5.41, 5.74) is 0. The molecule has 2 N–H and O–H groups in total. The van der Waals surface area contributed by atoms with Gasteiger partial charge in [-0.1, -0.05) is 13.8 Å². The lowest BCUT2D eigenvalue weighted by molar-refractivity contribution is 0.300. The van der Waals surface area contributed by atoms with E-state index in [4.69, 9.17) is 4.74 Å². The summed E-state index contributed by atoms with van der Waals surface area (Å²) in [6, 6.07) is 0.926. The van der Waals surface area contributed by atoms with E-state index in [9.17, 15) is 0 Å². The number of aromatic nitrogens is 2. The highest BCUT2D eigenvalue weighted by Crippen LogP contribution is 2.36. The molecule has 0 radical (unpaired) electrons. The Morgan fingerprint density at radius 2 is 2.24 bits per heavy atom. The Hall–Kier alpha value is -1.56. The molecule has 0 saturated carbocycles. The topological polar surface area (TPSA) is 62.3 Å². The van der Waals surface area contributed by atoms with Crippen LogP contribution in [0.15, 0.2) is 6.33 Å². The highest BCUT2D eigenvalue weighted by Gasteiger charge is 2.29. The Kier molecular flexibility index (Phi) is 4.14. The molecule has 0 spiro atoms. The highest BCUT2D eigenvalue weighted by molar-refractivity contribution is 5.66. The van der Waals surface area contributed by atoms with E-state index in [0.717, 1.165) is 43.3 Å². The first-order valence-corrected chi connectivity index (χ1v) is 7.85. The molecule has 2 atom stereocenters. The van der Waals surface area contributed by atoms with Gasteiger partial charge in [0.25, 0.3) is 0 Å². The van der Waals surface area contributed by atoms with Crippen molar-refractivity contribution in [2.24, 2.45) is 5.92 Å². The van der Waals surface area contributed by atoms with Crippen molar-refractivity contribution in [1.29, 1.82) is 0 Å². The molecule has 0 unspecified atom stereocenters.